The van der Waals surface area contributed by atoms with Gasteiger partial charge in [-0.05, 0) is 14.0 Å². The van der Waals surface area contributed by atoms with Crippen molar-refractivity contribution in [3.63, 3.8) is 0 Å². The monoisotopic (exact) mass is 292 g/mol. The molecule has 2 saturated heterocycles. The van der Waals surface area contributed by atoms with Gasteiger partial charge in [0.2, 0.25) is 11.8 Å². The Kier molecular flexibility index (Phi) is 3.67. The summed E-state index contributed by atoms with van der Waals surface area (Å²) in [7, 11) is 2.05. The Hall–Kier alpha value is -1.89. The molecule has 1 atom stereocenters. The van der Waals surface area contributed by atoms with Crippen LogP contribution in [0.3, 0.4) is 0 Å². The summed E-state index contributed by atoms with van der Waals surface area (Å²) in [5.41, 5.74) is 0. The SMILES string of the molecule is Cc1cc(N2CC(C(=O)N3CCN(C)CC3)CC2=O)no1. The van der Waals surface area contributed by atoms with Crippen molar-refractivity contribution in [2.45, 2.75) is 13.3 Å². The number of nitrogens with zero attached hydrogens (tertiary/aromatic N) is 4. The molecule has 2 fully saturated rings. The number of aromatic nitrogens is 1. The van der Waals surface area contributed by atoms with Gasteiger partial charge in [0.15, 0.2) is 5.82 Å². The van der Waals surface area contributed by atoms with Crippen LogP contribution in [-0.2, 0) is 9.59 Å². The highest BCUT2D eigenvalue weighted by Gasteiger charge is 2.38. The fourth-order valence-corrected chi connectivity index (χ4v) is 2.86. The van der Waals surface area contributed by atoms with Gasteiger partial charge in [-0.2, -0.15) is 0 Å². The van der Waals surface area contributed by atoms with Crippen LogP contribution in [0.5, 0.6) is 0 Å². The van der Waals surface area contributed by atoms with Crippen molar-refractivity contribution in [1.82, 2.24) is 15.0 Å². The quantitative estimate of drug-likeness (QED) is 0.774. The summed E-state index contributed by atoms with van der Waals surface area (Å²) < 4.78 is 5.00. The summed E-state index contributed by atoms with van der Waals surface area (Å²) in [6.45, 7) is 5.43. The predicted molar refractivity (Wildman–Crippen MR) is 75.8 cm³/mol. The molecule has 7 nitrogen and oxygen atoms in total. The summed E-state index contributed by atoms with van der Waals surface area (Å²) >= 11 is 0. The Morgan fingerprint density at radius 1 is 1.33 bits per heavy atom. The van der Waals surface area contributed by atoms with E-state index in [0.29, 0.717) is 18.1 Å². The van der Waals surface area contributed by atoms with Gasteiger partial charge in [-0.15, -0.1) is 0 Å². The zero-order chi connectivity index (χ0) is 15.0. The lowest BCUT2D eigenvalue weighted by atomic mass is 10.1. The number of aryl methyl sites for hydroxylation is 1. The summed E-state index contributed by atoms with van der Waals surface area (Å²) in [6, 6.07) is 1.72. The van der Waals surface area contributed by atoms with Gasteiger partial charge >= 0.3 is 0 Å². The molecule has 3 heterocycles. The summed E-state index contributed by atoms with van der Waals surface area (Å²) in [5.74, 6) is 0.922. The Labute approximate surface area is 123 Å². The van der Waals surface area contributed by atoms with Gasteiger partial charge in [0.1, 0.15) is 5.76 Å². The van der Waals surface area contributed by atoms with Gasteiger partial charge in [-0.3, -0.25) is 14.5 Å². The predicted octanol–water partition coefficient (Wildman–Crippen LogP) is 0.110. The number of carbonyl (C=O) groups excluding carboxylic acids is 2. The van der Waals surface area contributed by atoms with Gasteiger partial charge in [-0.25, -0.2) is 0 Å². The third-order valence-corrected chi connectivity index (χ3v) is 4.18. The summed E-state index contributed by atoms with van der Waals surface area (Å²) in [4.78, 5) is 30.2. The number of anilines is 1. The zero-order valence-electron chi connectivity index (χ0n) is 12.4. The molecule has 2 aliphatic rings. The molecule has 1 aromatic rings. The Bertz CT molecular complexity index is 548. The number of rotatable bonds is 2. The zero-order valence-corrected chi connectivity index (χ0v) is 12.4. The third-order valence-electron chi connectivity index (χ3n) is 4.18. The largest absolute Gasteiger partial charge is 0.360 e. The maximum Gasteiger partial charge on any atom is 0.229 e. The molecule has 0 radical (unpaired) electrons. The average molecular weight is 292 g/mol. The van der Waals surface area contributed by atoms with E-state index in [2.05, 4.69) is 17.1 Å². The molecule has 0 aliphatic carbocycles. The Morgan fingerprint density at radius 3 is 2.67 bits per heavy atom. The highest BCUT2D eigenvalue weighted by Crippen LogP contribution is 2.26. The molecule has 1 aromatic heterocycles. The average Bonchev–Trinajstić information content (AvgIpc) is 3.05. The first-order valence-corrected chi connectivity index (χ1v) is 7.25. The number of piperazine rings is 1. The van der Waals surface area contributed by atoms with Crippen molar-refractivity contribution < 1.29 is 14.1 Å². The standard InChI is InChI=1S/C14H20N4O3/c1-10-7-12(15-21-10)18-9-11(8-13(18)19)14(20)17-5-3-16(2)4-6-17/h7,11H,3-6,8-9H2,1-2H3. The molecular formula is C14H20N4O3. The number of amides is 2. The van der Waals surface area contributed by atoms with Crippen LogP contribution in [0.1, 0.15) is 12.2 Å². The number of carbonyl (C=O) groups is 2. The lowest BCUT2D eigenvalue weighted by molar-refractivity contribution is -0.137. The lowest BCUT2D eigenvalue weighted by Crippen LogP contribution is -2.49. The first-order chi connectivity index (χ1) is 10.0. The molecule has 3 rings (SSSR count). The van der Waals surface area contributed by atoms with Crippen molar-refractivity contribution in [1.29, 1.82) is 0 Å². The Morgan fingerprint density at radius 2 is 2.05 bits per heavy atom. The second-order valence-corrected chi connectivity index (χ2v) is 5.83. The van der Waals surface area contributed by atoms with E-state index in [4.69, 9.17) is 4.52 Å². The second kappa shape index (κ2) is 5.48. The van der Waals surface area contributed by atoms with Crippen LogP contribution in [0.4, 0.5) is 5.82 Å². The lowest BCUT2D eigenvalue weighted by Gasteiger charge is -2.33. The maximum absolute atomic E-state index is 12.5. The van der Waals surface area contributed by atoms with Crippen molar-refractivity contribution in [2.24, 2.45) is 5.92 Å². The van der Waals surface area contributed by atoms with E-state index in [9.17, 15) is 9.59 Å². The Balaban J connectivity index is 1.65. The van der Waals surface area contributed by atoms with E-state index >= 15 is 0 Å². The normalized spacial score (nSPS) is 23.9. The molecule has 0 spiro atoms. The minimum atomic E-state index is -0.266. The highest BCUT2D eigenvalue weighted by atomic mass is 16.5. The van der Waals surface area contributed by atoms with Crippen LogP contribution in [0, 0.1) is 12.8 Å². The minimum Gasteiger partial charge on any atom is -0.360 e. The van der Waals surface area contributed by atoms with Crippen molar-refractivity contribution in [3.05, 3.63) is 11.8 Å². The highest BCUT2D eigenvalue weighted by molar-refractivity contribution is 5.99. The van der Waals surface area contributed by atoms with E-state index < -0.39 is 0 Å². The molecule has 114 valence electrons. The molecule has 7 heteroatoms. The fourth-order valence-electron chi connectivity index (χ4n) is 2.86. The second-order valence-electron chi connectivity index (χ2n) is 5.83. The number of hydrogen-bond donors (Lipinski definition) is 0. The molecule has 1 unspecified atom stereocenters. The molecule has 2 amide bonds. The van der Waals surface area contributed by atoms with E-state index in [0.717, 1.165) is 26.2 Å². The van der Waals surface area contributed by atoms with Crippen molar-refractivity contribution in [3.8, 4) is 0 Å². The van der Waals surface area contributed by atoms with Crippen molar-refractivity contribution in [2.75, 3.05) is 44.7 Å². The van der Waals surface area contributed by atoms with Gasteiger partial charge in [0.05, 0.1) is 5.92 Å². The van der Waals surface area contributed by atoms with Gasteiger partial charge in [0.25, 0.3) is 0 Å². The van der Waals surface area contributed by atoms with Gasteiger partial charge < -0.3 is 14.3 Å². The smallest absolute Gasteiger partial charge is 0.229 e. The molecule has 0 N–H and O–H groups in total. The van der Waals surface area contributed by atoms with Crippen LogP contribution >= 0.6 is 0 Å². The van der Waals surface area contributed by atoms with E-state index in [1.54, 1.807) is 17.9 Å². The molecule has 2 aliphatic heterocycles. The molecule has 0 bridgehead atoms. The van der Waals surface area contributed by atoms with E-state index in [-0.39, 0.29) is 24.2 Å². The molecule has 0 aromatic carbocycles. The maximum atomic E-state index is 12.5. The van der Waals surface area contributed by atoms with E-state index in [1.807, 2.05) is 4.90 Å². The molecular weight excluding hydrogens is 272 g/mol. The minimum absolute atomic E-state index is 0.0595. The van der Waals surface area contributed by atoms with Crippen LogP contribution in [0.2, 0.25) is 0 Å². The van der Waals surface area contributed by atoms with Crippen LogP contribution in [0.25, 0.3) is 0 Å². The fraction of sp³-hybridized carbons (Fsp3) is 0.643. The van der Waals surface area contributed by atoms with Gasteiger partial charge in [-0.1, -0.05) is 5.16 Å². The van der Waals surface area contributed by atoms with Crippen LogP contribution in [-0.4, -0.2) is 66.5 Å². The van der Waals surface area contributed by atoms with Gasteiger partial charge in [0, 0.05) is 45.2 Å². The number of hydrogen-bond acceptors (Lipinski definition) is 5. The topological polar surface area (TPSA) is 69.9 Å². The van der Waals surface area contributed by atoms with E-state index in [1.165, 1.54) is 0 Å². The van der Waals surface area contributed by atoms with Crippen LogP contribution < -0.4 is 4.90 Å². The number of likely N-dealkylation sites (N-methyl/N-ethyl adjacent to an activating group) is 1. The first-order valence-electron chi connectivity index (χ1n) is 7.25. The first kappa shape index (κ1) is 14.1. The molecule has 21 heavy (non-hydrogen) atoms. The van der Waals surface area contributed by atoms with Crippen molar-refractivity contribution >= 4 is 17.6 Å². The summed E-state index contributed by atoms with van der Waals surface area (Å²) in [6.07, 6.45) is 0.261. The summed E-state index contributed by atoms with van der Waals surface area (Å²) in [5, 5.41) is 3.86. The third kappa shape index (κ3) is 2.78. The van der Waals surface area contributed by atoms with Crippen LogP contribution in [0.15, 0.2) is 10.6 Å². The molecule has 0 saturated carbocycles.